The average Bonchev–Trinajstić information content (AvgIpc) is 2.92. The molecule has 3 rings (SSSR count). The quantitative estimate of drug-likeness (QED) is 0.491. The van der Waals surface area contributed by atoms with Crippen molar-refractivity contribution in [3.05, 3.63) is 54.1 Å². The minimum atomic E-state index is -0.986. The number of carbonyl (C=O) groups excluding carboxylic acids is 3. The van der Waals surface area contributed by atoms with Gasteiger partial charge in [0.05, 0.1) is 11.6 Å². The number of ether oxygens (including phenoxy) is 1. The summed E-state index contributed by atoms with van der Waals surface area (Å²) in [5.74, 6) is -0.823. The maximum absolute atomic E-state index is 12.3. The maximum atomic E-state index is 12.3. The van der Waals surface area contributed by atoms with Gasteiger partial charge in [0.2, 0.25) is 0 Å². The van der Waals surface area contributed by atoms with Crippen LogP contribution in [-0.2, 0) is 9.59 Å². The molecule has 7 heteroatoms. The number of benzene rings is 2. The Balaban J connectivity index is 1.64. The first-order chi connectivity index (χ1) is 13.4. The standard InChI is InChI=1S/C21H19N3O4/c1-3-21(2)19(26)24(20(27)23-21)13-18(25)28-17-10-8-16(9-11-17)15-6-4-14(12-22)5-7-15/h4-11H,3,13H2,1-2H3,(H,23,27). The first kappa shape index (κ1) is 19.1. The summed E-state index contributed by atoms with van der Waals surface area (Å²) in [4.78, 5) is 37.3. The van der Waals surface area contributed by atoms with Gasteiger partial charge in [-0.3, -0.25) is 9.69 Å². The molecular weight excluding hydrogens is 358 g/mol. The van der Waals surface area contributed by atoms with E-state index in [1.165, 1.54) is 0 Å². The molecule has 1 atom stereocenters. The van der Waals surface area contributed by atoms with Crippen molar-refractivity contribution in [1.82, 2.24) is 10.2 Å². The van der Waals surface area contributed by atoms with E-state index in [4.69, 9.17) is 10.00 Å². The molecule has 1 aliphatic heterocycles. The largest absolute Gasteiger partial charge is 0.425 e. The first-order valence-electron chi connectivity index (χ1n) is 8.81. The zero-order valence-corrected chi connectivity index (χ0v) is 15.6. The molecule has 7 nitrogen and oxygen atoms in total. The van der Waals surface area contributed by atoms with Gasteiger partial charge in [-0.05, 0) is 48.7 Å². The molecule has 0 aromatic heterocycles. The Bertz CT molecular complexity index is 961. The van der Waals surface area contributed by atoms with Gasteiger partial charge in [0.1, 0.15) is 17.8 Å². The fraction of sp³-hybridized carbons (Fsp3) is 0.238. The molecule has 0 saturated carbocycles. The number of urea groups is 1. The van der Waals surface area contributed by atoms with Crippen molar-refractivity contribution in [2.45, 2.75) is 25.8 Å². The van der Waals surface area contributed by atoms with E-state index < -0.39 is 30.0 Å². The highest BCUT2D eigenvalue weighted by Crippen LogP contribution is 2.24. The van der Waals surface area contributed by atoms with Crippen molar-refractivity contribution in [3.63, 3.8) is 0 Å². The molecule has 0 bridgehead atoms. The lowest BCUT2D eigenvalue weighted by atomic mass is 9.99. The van der Waals surface area contributed by atoms with Crippen LogP contribution in [0, 0.1) is 11.3 Å². The molecule has 28 heavy (non-hydrogen) atoms. The summed E-state index contributed by atoms with van der Waals surface area (Å²) in [5.41, 5.74) is 1.42. The molecule has 2 aromatic rings. The second-order valence-electron chi connectivity index (χ2n) is 6.69. The number of nitrogens with zero attached hydrogens (tertiary/aromatic N) is 2. The lowest BCUT2D eigenvalue weighted by Gasteiger charge is -2.18. The molecule has 0 aliphatic carbocycles. The predicted molar refractivity (Wildman–Crippen MR) is 101 cm³/mol. The van der Waals surface area contributed by atoms with Gasteiger partial charge in [0.25, 0.3) is 5.91 Å². The topological polar surface area (TPSA) is 99.5 Å². The Morgan fingerprint density at radius 1 is 1.11 bits per heavy atom. The van der Waals surface area contributed by atoms with Gasteiger partial charge >= 0.3 is 12.0 Å². The molecular formula is C21H19N3O4. The monoisotopic (exact) mass is 377 g/mol. The number of carbonyl (C=O) groups is 3. The molecule has 1 fully saturated rings. The highest BCUT2D eigenvalue weighted by Gasteiger charge is 2.47. The van der Waals surface area contributed by atoms with Gasteiger partial charge < -0.3 is 10.1 Å². The van der Waals surface area contributed by atoms with Crippen LogP contribution < -0.4 is 10.1 Å². The third-order valence-electron chi connectivity index (χ3n) is 4.77. The average molecular weight is 377 g/mol. The van der Waals surface area contributed by atoms with E-state index >= 15 is 0 Å². The van der Waals surface area contributed by atoms with E-state index in [1.807, 2.05) is 12.1 Å². The van der Waals surface area contributed by atoms with Crippen molar-refractivity contribution < 1.29 is 19.1 Å². The van der Waals surface area contributed by atoms with Crippen molar-refractivity contribution in [1.29, 1.82) is 5.26 Å². The normalized spacial score (nSPS) is 18.5. The summed E-state index contributed by atoms with van der Waals surface area (Å²) in [6.07, 6.45) is 0.430. The molecule has 142 valence electrons. The zero-order chi connectivity index (χ0) is 20.3. The molecule has 0 spiro atoms. The fourth-order valence-corrected chi connectivity index (χ4v) is 2.88. The maximum Gasteiger partial charge on any atom is 0.331 e. The van der Waals surface area contributed by atoms with E-state index in [2.05, 4.69) is 11.4 Å². The molecule has 0 radical (unpaired) electrons. The number of imide groups is 1. The Morgan fingerprint density at radius 3 is 2.18 bits per heavy atom. The number of rotatable bonds is 5. The molecule has 1 heterocycles. The van der Waals surface area contributed by atoms with Crippen LogP contribution in [0.5, 0.6) is 5.75 Å². The Kier molecular flexibility index (Phi) is 5.14. The van der Waals surface area contributed by atoms with E-state index in [-0.39, 0.29) is 0 Å². The Morgan fingerprint density at radius 2 is 1.68 bits per heavy atom. The van der Waals surface area contributed by atoms with Crippen LogP contribution in [0.2, 0.25) is 0 Å². The number of amides is 3. The van der Waals surface area contributed by atoms with Gasteiger partial charge in [-0.1, -0.05) is 31.2 Å². The van der Waals surface area contributed by atoms with Gasteiger partial charge in [-0.15, -0.1) is 0 Å². The SMILES string of the molecule is CCC1(C)NC(=O)N(CC(=O)Oc2ccc(-c3ccc(C#N)cc3)cc2)C1=O. The lowest BCUT2D eigenvalue weighted by molar-refractivity contribution is -0.140. The van der Waals surface area contributed by atoms with Gasteiger partial charge in [-0.25, -0.2) is 9.59 Å². The van der Waals surface area contributed by atoms with Crippen molar-refractivity contribution in [2.24, 2.45) is 0 Å². The third-order valence-corrected chi connectivity index (χ3v) is 4.77. The van der Waals surface area contributed by atoms with Crippen LogP contribution in [0.25, 0.3) is 11.1 Å². The van der Waals surface area contributed by atoms with Crippen LogP contribution in [0.15, 0.2) is 48.5 Å². The number of nitrogens with one attached hydrogen (secondary N) is 1. The summed E-state index contributed by atoms with van der Waals surface area (Å²) < 4.78 is 5.25. The molecule has 1 aliphatic rings. The number of hydrogen-bond acceptors (Lipinski definition) is 5. The van der Waals surface area contributed by atoms with Crippen molar-refractivity contribution in [2.75, 3.05) is 6.54 Å². The number of hydrogen-bond donors (Lipinski definition) is 1. The van der Waals surface area contributed by atoms with Crippen molar-refractivity contribution >= 4 is 17.9 Å². The molecule has 2 aromatic carbocycles. The summed E-state index contributed by atoms with van der Waals surface area (Å²) in [6.45, 7) is 2.97. The van der Waals surface area contributed by atoms with Crippen LogP contribution in [0.3, 0.4) is 0 Å². The smallest absolute Gasteiger partial charge is 0.331 e. The highest BCUT2D eigenvalue weighted by molar-refractivity contribution is 6.08. The van der Waals surface area contributed by atoms with Crippen LogP contribution >= 0.6 is 0 Å². The first-order valence-corrected chi connectivity index (χ1v) is 8.81. The summed E-state index contributed by atoms with van der Waals surface area (Å²) >= 11 is 0. The van der Waals surface area contributed by atoms with E-state index in [0.717, 1.165) is 16.0 Å². The second kappa shape index (κ2) is 7.53. The van der Waals surface area contributed by atoms with E-state index in [0.29, 0.717) is 17.7 Å². The molecule has 1 unspecified atom stereocenters. The van der Waals surface area contributed by atoms with Crippen LogP contribution in [0.4, 0.5) is 4.79 Å². The van der Waals surface area contributed by atoms with Crippen LogP contribution in [-0.4, -0.2) is 34.9 Å². The highest BCUT2D eigenvalue weighted by atomic mass is 16.5. The number of nitriles is 1. The van der Waals surface area contributed by atoms with Gasteiger partial charge in [-0.2, -0.15) is 5.26 Å². The Labute approximate surface area is 162 Å². The Hall–Kier alpha value is -3.66. The van der Waals surface area contributed by atoms with Crippen molar-refractivity contribution in [3.8, 4) is 22.9 Å². The minimum absolute atomic E-state index is 0.313. The zero-order valence-electron chi connectivity index (χ0n) is 15.6. The third kappa shape index (κ3) is 3.71. The van der Waals surface area contributed by atoms with E-state index in [9.17, 15) is 14.4 Å². The van der Waals surface area contributed by atoms with Gasteiger partial charge in [0.15, 0.2) is 0 Å². The number of esters is 1. The predicted octanol–water partition coefficient (Wildman–Crippen LogP) is 2.85. The molecule has 3 amide bonds. The summed E-state index contributed by atoms with van der Waals surface area (Å²) in [7, 11) is 0. The minimum Gasteiger partial charge on any atom is -0.425 e. The molecule has 1 saturated heterocycles. The van der Waals surface area contributed by atoms with Gasteiger partial charge in [0, 0.05) is 0 Å². The van der Waals surface area contributed by atoms with E-state index in [1.54, 1.807) is 50.2 Å². The summed E-state index contributed by atoms with van der Waals surface area (Å²) in [6, 6.07) is 15.4. The second-order valence-corrected chi connectivity index (χ2v) is 6.69. The summed E-state index contributed by atoms with van der Waals surface area (Å²) in [5, 5.41) is 11.4. The molecule has 1 N–H and O–H groups in total. The van der Waals surface area contributed by atoms with Crippen LogP contribution in [0.1, 0.15) is 25.8 Å². The lowest BCUT2D eigenvalue weighted by Crippen LogP contribution is -2.43. The fourth-order valence-electron chi connectivity index (χ4n) is 2.88.